The van der Waals surface area contributed by atoms with E-state index >= 15 is 0 Å². The number of rotatable bonds is 4. The summed E-state index contributed by atoms with van der Waals surface area (Å²) in [5.41, 5.74) is 0.700. The molecule has 1 aromatic rings. The molecule has 0 radical (unpaired) electrons. The van der Waals surface area contributed by atoms with Gasteiger partial charge < -0.3 is 14.5 Å². The average Bonchev–Trinajstić information content (AvgIpc) is 2.64. The van der Waals surface area contributed by atoms with E-state index in [1.807, 2.05) is 4.90 Å². The minimum Gasteiger partial charge on any atom is -0.384 e. The van der Waals surface area contributed by atoms with Gasteiger partial charge in [-0.2, -0.15) is 5.10 Å². The largest absolute Gasteiger partial charge is 0.384 e. The second-order valence-corrected chi connectivity index (χ2v) is 7.18. The van der Waals surface area contributed by atoms with E-state index in [0.717, 1.165) is 57.6 Å². The van der Waals surface area contributed by atoms with Crippen molar-refractivity contribution >= 4 is 11.6 Å². The molecule has 2 aliphatic rings. The van der Waals surface area contributed by atoms with Crippen LogP contribution in [0.5, 0.6) is 0 Å². The number of nitrogens with zero attached hydrogens (tertiary/aromatic N) is 4. The van der Waals surface area contributed by atoms with Gasteiger partial charge in [0.05, 0.1) is 17.8 Å². The Morgan fingerprint density at radius 2 is 2.04 bits per heavy atom. The minimum absolute atomic E-state index is 0.0109. The van der Waals surface area contributed by atoms with E-state index in [4.69, 9.17) is 4.74 Å². The Bertz CT molecular complexity index is 652. The summed E-state index contributed by atoms with van der Waals surface area (Å²) in [6, 6.07) is 1.61. The van der Waals surface area contributed by atoms with E-state index in [-0.39, 0.29) is 17.4 Å². The van der Waals surface area contributed by atoms with Gasteiger partial charge in [-0.05, 0) is 31.6 Å². The van der Waals surface area contributed by atoms with Crippen LogP contribution in [0.3, 0.4) is 0 Å². The smallest absolute Gasteiger partial charge is 0.268 e. The molecule has 138 valence electrons. The number of ether oxygens (including phenoxy) is 1. The van der Waals surface area contributed by atoms with E-state index in [1.165, 1.54) is 4.68 Å². The minimum atomic E-state index is -0.119. The highest BCUT2D eigenvalue weighted by Crippen LogP contribution is 2.25. The Balaban J connectivity index is 1.60. The lowest BCUT2D eigenvalue weighted by molar-refractivity contribution is -0.137. The number of hydrogen-bond donors (Lipinski definition) is 0. The number of piperidine rings is 2. The van der Waals surface area contributed by atoms with Crippen molar-refractivity contribution in [3.05, 3.63) is 22.6 Å². The number of aromatic nitrogens is 2. The van der Waals surface area contributed by atoms with E-state index < -0.39 is 0 Å². The van der Waals surface area contributed by atoms with Crippen molar-refractivity contribution in [3.8, 4) is 0 Å². The molecule has 7 heteroatoms. The summed E-state index contributed by atoms with van der Waals surface area (Å²) < 4.78 is 6.55. The molecule has 3 rings (SSSR count). The predicted octanol–water partition coefficient (Wildman–Crippen LogP) is 0.882. The summed E-state index contributed by atoms with van der Waals surface area (Å²) in [4.78, 5) is 28.9. The first-order valence-electron chi connectivity index (χ1n) is 9.14. The zero-order valence-electron chi connectivity index (χ0n) is 15.2. The molecule has 0 aromatic carbocycles. The van der Waals surface area contributed by atoms with E-state index in [2.05, 4.69) is 10.00 Å². The molecule has 0 aliphatic carbocycles. The second kappa shape index (κ2) is 7.99. The molecule has 1 atom stereocenters. The van der Waals surface area contributed by atoms with E-state index in [9.17, 15) is 9.59 Å². The molecule has 2 fully saturated rings. The number of anilines is 1. The monoisotopic (exact) mass is 348 g/mol. The van der Waals surface area contributed by atoms with Crippen LogP contribution < -0.4 is 10.5 Å². The fourth-order valence-electron chi connectivity index (χ4n) is 3.86. The zero-order chi connectivity index (χ0) is 17.8. The molecule has 25 heavy (non-hydrogen) atoms. The maximum atomic E-state index is 12.9. The average molecular weight is 348 g/mol. The lowest BCUT2D eigenvalue weighted by atomic mass is 9.93. The van der Waals surface area contributed by atoms with Crippen molar-refractivity contribution in [3.63, 3.8) is 0 Å². The number of aryl methyl sites for hydroxylation is 1. The third kappa shape index (κ3) is 4.21. The quantitative estimate of drug-likeness (QED) is 0.808. The number of amides is 1. The molecule has 2 aliphatic heterocycles. The third-order valence-electron chi connectivity index (χ3n) is 5.42. The first-order valence-corrected chi connectivity index (χ1v) is 9.14. The summed E-state index contributed by atoms with van der Waals surface area (Å²) in [5, 5.41) is 4.09. The molecule has 1 aromatic heterocycles. The zero-order valence-corrected chi connectivity index (χ0v) is 15.2. The van der Waals surface area contributed by atoms with E-state index in [0.29, 0.717) is 12.5 Å². The molecule has 0 spiro atoms. The standard InChI is InChI=1S/C18H28N4O3/c1-20-17(23)10-16(11-19-20)22-7-3-4-15(12-22)18(24)21-8-5-14(6-9-21)13-25-2/h10-11,14-15H,3-9,12-13H2,1-2H3. The van der Waals surface area contributed by atoms with E-state index in [1.54, 1.807) is 26.4 Å². The lowest BCUT2D eigenvalue weighted by Gasteiger charge is -2.38. The van der Waals surface area contributed by atoms with Crippen LogP contribution in [0.25, 0.3) is 0 Å². The van der Waals surface area contributed by atoms with Gasteiger partial charge >= 0.3 is 0 Å². The Labute approximate surface area is 148 Å². The molecule has 0 N–H and O–H groups in total. The summed E-state index contributed by atoms with van der Waals surface area (Å²) in [5.74, 6) is 0.845. The molecular formula is C18H28N4O3. The molecule has 7 nitrogen and oxygen atoms in total. The second-order valence-electron chi connectivity index (χ2n) is 7.18. The predicted molar refractivity (Wildman–Crippen MR) is 95.6 cm³/mol. The van der Waals surface area contributed by atoms with Crippen LogP contribution >= 0.6 is 0 Å². The fourth-order valence-corrected chi connectivity index (χ4v) is 3.86. The van der Waals surface area contributed by atoms with Gasteiger partial charge in [0.25, 0.3) is 5.56 Å². The first-order chi connectivity index (χ1) is 12.1. The van der Waals surface area contributed by atoms with Crippen molar-refractivity contribution < 1.29 is 9.53 Å². The Morgan fingerprint density at radius 1 is 1.28 bits per heavy atom. The maximum Gasteiger partial charge on any atom is 0.268 e. The SMILES string of the molecule is COCC1CCN(C(=O)C2CCCN(c3cnn(C)c(=O)c3)C2)CC1. The molecule has 1 unspecified atom stereocenters. The van der Waals surface area contributed by atoms with Gasteiger partial charge in [0.1, 0.15) is 0 Å². The Kier molecular flexibility index (Phi) is 5.73. The molecule has 2 saturated heterocycles. The van der Waals surface area contributed by atoms with Crippen LogP contribution in [0.2, 0.25) is 0 Å². The van der Waals surface area contributed by atoms with Crippen molar-refractivity contribution in [2.75, 3.05) is 44.8 Å². The van der Waals surface area contributed by atoms with Crippen LogP contribution in [0, 0.1) is 11.8 Å². The van der Waals surface area contributed by atoms with Crippen LogP contribution in [0.15, 0.2) is 17.1 Å². The fraction of sp³-hybridized carbons (Fsp3) is 0.722. The third-order valence-corrected chi connectivity index (χ3v) is 5.42. The Morgan fingerprint density at radius 3 is 2.72 bits per heavy atom. The highest BCUT2D eigenvalue weighted by Gasteiger charge is 2.31. The van der Waals surface area contributed by atoms with Gasteiger partial charge in [0, 0.05) is 53.0 Å². The molecule has 3 heterocycles. The van der Waals surface area contributed by atoms with Gasteiger partial charge in [0.15, 0.2) is 0 Å². The van der Waals surface area contributed by atoms with Crippen LogP contribution in [0.4, 0.5) is 5.69 Å². The van der Waals surface area contributed by atoms with Gasteiger partial charge in [-0.1, -0.05) is 0 Å². The number of carbonyl (C=O) groups is 1. The summed E-state index contributed by atoms with van der Waals surface area (Å²) in [6.45, 7) is 3.99. The normalized spacial score (nSPS) is 22.2. The van der Waals surface area contributed by atoms with Gasteiger partial charge in [0.2, 0.25) is 5.91 Å². The first kappa shape index (κ1) is 17.9. The highest BCUT2D eigenvalue weighted by atomic mass is 16.5. The summed E-state index contributed by atoms with van der Waals surface area (Å²) in [7, 11) is 3.38. The lowest BCUT2D eigenvalue weighted by Crippen LogP contribution is -2.47. The summed E-state index contributed by atoms with van der Waals surface area (Å²) >= 11 is 0. The van der Waals surface area contributed by atoms with Crippen molar-refractivity contribution in [2.24, 2.45) is 18.9 Å². The van der Waals surface area contributed by atoms with Gasteiger partial charge in [-0.15, -0.1) is 0 Å². The van der Waals surface area contributed by atoms with Crippen molar-refractivity contribution in [2.45, 2.75) is 25.7 Å². The van der Waals surface area contributed by atoms with Gasteiger partial charge in [-0.3, -0.25) is 9.59 Å². The topological polar surface area (TPSA) is 67.7 Å². The molecular weight excluding hydrogens is 320 g/mol. The number of methoxy groups -OCH3 is 1. The molecule has 0 bridgehead atoms. The van der Waals surface area contributed by atoms with Gasteiger partial charge in [-0.25, -0.2) is 4.68 Å². The number of carbonyl (C=O) groups excluding carboxylic acids is 1. The molecule has 0 saturated carbocycles. The maximum absolute atomic E-state index is 12.9. The molecule has 1 amide bonds. The van der Waals surface area contributed by atoms with Crippen molar-refractivity contribution in [1.82, 2.24) is 14.7 Å². The number of hydrogen-bond acceptors (Lipinski definition) is 5. The van der Waals surface area contributed by atoms with Crippen LogP contribution in [0.1, 0.15) is 25.7 Å². The number of likely N-dealkylation sites (tertiary alicyclic amines) is 1. The van der Waals surface area contributed by atoms with Crippen LogP contribution in [-0.4, -0.2) is 60.5 Å². The summed E-state index contributed by atoms with van der Waals surface area (Å²) in [6.07, 6.45) is 5.64. The highest BCUT2D eigenvalue weighted by molar-refractivity contribution is 5.80. The van der Waals surface area contributed by atoms with Crippen molar-refractivity contribution in [1.29, 1.82) is 0 Å². The van der Waals surface area contributed by atoms with Crippen LogP contribution in [-0.2, 0) is 16.6 Å². The Hall–Kier alpha value is -1.89.